The van der Waals surface area contributed by atoms with E-state index in [-0.39, 0.29) is 17.0 Å². The van der Waals surface area contributed by atoms with E-state index in [0.29, 0.717) is 22.1 Å². The van der Waals surface area contributed by atoms with Gasteiger partial charge in [0.25, 0.3) is 11.5 Å². The van der Waals surface area contributed by atoms with Crippen LogP contribution in [0.25, 0.3) is 11.7 Å². The number of rotatable bonds is 5. The number of pyridine rings is 1. The molecule has 4 rings (SSSR count). The number of para-hydroxylation sites is 1. The molecule has 0 aliphatic heterocycles. The van der Waals surface area contributed by atoms with Crippen LogP contribution in [0.3, 0.4) is 0 Å². The molecule has 1 amide bonds. The summed E-state index contributed by atoms with van der Waals surface area (Å²) >= 11 is 9.47. The Labute approximate surface area is 208 Å². The van der Waals surface area contributed by atoms with Crippen molar-refractivity contribution in [2.24, 2.45) is 0 Å². The van der Waals surface area contributed by atoms with Gasteiger partial charge in [0.05, 0.1) is 10.7 Å². The lowest BCUT2D eigenvalue weighted by Crippen LogP contribution is -2.20. The minimum absolute atomic E-state index is 0.0279. The van der Waals surface area contributed by atoms with E-state index >= 15 is 0 Å². The quantitative estimate of drug-likeness (QED) is 0.259. The number of carbonyl (C=O) groups excluding carboxylic acids is 1. The summed E-state index contributed by atoms with van der Waals surface area (Å²) < 4.78 is 8.11. The summed E-state index contributed by atoms with van der Waals surface area (Å²) in [6.07, 6.45) is 2.73. The number of ether oxygens (including phenoxy) is 1. The van der Waals surface area contributed by atoms with Gasteiger partial charge in [-0.15, -0.1) is 0 Å². The average Bonchev–Trinajstić information content (AvgIpc) is 2.82. The molecule has 9 heteroatoms. The Morgan fingerprint density at radius 2 is 1.91 bits per heavy atom. The summed E-state index contributed by atoms with van der Waals surface area (Å²) in [5.41, 5.74) is 0.650. The SMILES string of the molecule is Cc1cccn2c(=O)c(/C=C(/C#N)C(=O)Nc3ccccc3Cl)c(Oc3ccc(Br)cc3)nc12. The van der Waals surface area contributed by atoms with E-state index in [9.17, 15) is 14.9 Å². The van der Waals surface area contributed by atoms with Gasteiger partial charge in [-0.2, -0.15) is 10.2 Å². The predicted molar refractivity (Wildman–Crippen MR) is 134 cm³/mol. The van der Waals surface area contributed by atoms with Crippen LogP contribution in [-0.2, 0) is 4.79 Å². The fourth-order valence-electron chi connectivity index (χ4n) is 3.15. The Morgan fingerprint density at radius 1 is 1.18 bits per heavy atom. The number of anilines is 1. The van der Waals surface area contributed by atoms with E-state index in [2.05, 4.69) is 26.2 Å². The van der Waals surface area contributed by atoms with Crippen LogP contribution in [0.5, 0.6) is 11.6 Å². The fraction of sp³-hybridized carbons (Fsp3) is 0.0400. The van der Waals surface area contributed by atoms with Gasteiger partial charge in [-0.25, -0.2) is 0 Å². The van der Waals surface area contributed by atoms with Crippen LogP contribution in [0, 0.1) is 18.3 Å². The van der Waals surface area contributed by atoms with Crippen molar-refractivity contribution in [2.75, 3.05) is 5.32 Å². The molecule has 2 heterocycles. The Balaban J connectivity index is 1.84. The monoisotopic (exact) mass is 534 g/mol. The number of aryl methyl sites for hydroxylation is 1. The maximum Gasteiger partial charge on any atom is 0.269 e. The lowest BCUT2D eigenvalue weighted by atomic mass is 10.1. The van der Waals surface area contributed by atoms with Crippen molar-refractivity contribution in [2.45, 2.75) is 6.92 Å². The lowest BCUT2D eigenvalue weighted by Gasteiger charge is -2.12. The highest BCUT2D eigenvalue weighted by Crippen LogP contribution is 2.26. The fourth-order valence-corrected chi connectivity index (χ4v) is 3.60. The molecule has 2 aromatic heterocycles. The second kappa shape index (κ2) is 9.91. The zero-order valence-electron chi connectivity index (χ0n) is 17.8. The smallest absolute Gasteiger partial charge is 0.269 e. The molecular formula is C25H16BrClN4O3. The number of hydrogen-bond acceptors (Lipinski definition) is 5. The molecule has 0 fully saturated rings. The molecule has 168 valence electrons. The van der Waals surface area contributed by atoms with Crippen LogP contribution < -0.4 is 15.6 Å². The molecule has 7 nitrogen and oxygen atoms in total. The molecule has 2 aromatic carbocycles. The number of carbonyl (C=O) groups is 1. The van der Waals surface area contributed by atoms with Gasteiger partial charge in [0, 0.05) is 10.7 Å². The van der Waals surface area contributed by atoms with Gasteiger partial charge in [0.2, 0.25) is 5.88 Å². The van der Waals surface area contributed by atoms with Crippen molar-refractivity contribution in [1.82, 2.24) is 9.38 Å². The third-order valence-electron chi connectivity index (χ3n) is 4.85. The second-order valence-corrected chi connectivity index (χ2v) is 8.50. The summed E-state index contributed by atoms with van der Waals surface area (Å²) in [6, 6.07) is 19.0. The van der Waals surface area contributed by atoms with Crippen molar-refractivity contribution in [1.29, 1.82) is 5.26 Å². The number of nitrogens with zero attached hydrogens (tertiary/aromatic N) is 3. The summed E-state index contributed by atoms with van der Waals surface area (Å²) in [5.74, 6) is -0.319. The standard InChI is InChI=1S/C25H16BrClN4O3/c1-15-5-4-12-31-22(15)30-24(34-18-10-8-17(26)9-11-18)19(25(31)33)13-16(14-28)23(32)29-21-7-3-2-6-20(21)27/h2-13H,1H3,(H,29,32)/b16-13-. The molecule has 0 radical (unpaired) electrons. The summed E-state index contributed by atoms with van der Waals surface area (Å²) in [4.78, 5) is 30.7. The van der Waals surface area contributed by atoms with E-state index < -0.39 is 11.5 Å². The van der Waals surface area contributed by atoms with Gasteiger partial charge >= 0.3 is 0 Å². The maximum atomic E-state index is 13.4. The molecule has 4 aromatic rings. The number of benzene rings is 2. The molecule has 0 spiro atoms. The molecule has 0 unspecified atom stereocenters. The van der Waals surface area contributed by atoms with Crippen molar-refractivity contribution >= 4 is 50.8 Å². The molecule has 0 saturated carbocycles. The number of hydrogen-bond donors (Lipinski definition) is 1. The van der Waals surface area contributed by atoms with Crippen molar-refractivity contribution in [3.63, 3.8) is 0 Å². The maximum absolute atomic E-state index is 13.4. The topological polar surface area (TPSA) is 96.5 Å². The number of halogens is 2. The normalized spacial score (nSPS) is 11.2. The lowest BCUT2D eigenvalue weighted by molar-refractivity contribution is -0.112. The average molecular weight is 536 g/mol. The van der Waals surface area contributed by atoms with E-state index in [1.807, 2.05) is 19.1 Å². The third-order valence-corrected chi connectivity index (χ3v) is 5.71. The van der Waals surface area contributed by atoms with Gasteiger partial charge in [0.15, 0.2) is 0 Å². The number of fused-ring (bicyclic) bond motifs is 1. The molecule has 0 saturated heterocycles. The zero-order valence-corrected chi connectivity index (χ0v) is 20.1. The van der Waals surface area contributed by atoms with E-state index in [4.69, 9.17) is 16.3 Å². The minimum Gasteiger partial charge on any atom is -0.438 e. The van der Waals surface area contributed by atoms with E-state index in [0.717, 1.165) is 10.0 Å². The minimum atomic E-state index is -0.723. The first kappa shape index (κ1) is 23.2. The first-order chi connectivity index (χ1) is 16.4. The van der Waals surface area contributed by atoms with Crippen LogP contribution in [-0.4, -0.2) is 15.3 Å². The molecule has 1 N–H and O–H groups in total. The van der Waals surface area contributed by atoms with E-state index in [1.54, 1.807) is 60.8 Å². The van der Waals surface area contributed by atoms with Crippen LogP contribution >= 0.6 is 27.5 Å². The largest absolute Gasteiger partial charge is 0.438 e. The van der Waals surface area contributed by atoms with Gasteiger partial charge in [0.1, 0.15) is 28.6 Å². The first-order valence-corrected chi connectivity index (χ1v) is 11.2. The van der Waals surface area contributed by atoms with Crippen molar-refractivity contribution < 1.29 is 9.53 Å². The van der Waals surface area contributed by atoms with Crippen molar-refractivity contribution in [3.05, 3.63) is 103 Å². The summed E-state index contributed by atoms with van der Waals surface area (Å²) in [7, 11) is 0. The highest BCUT2D eigenvalue weighted by molar-refractivity contribution is 9.10. The van der Waals surface area contributed by atoms with E-state index in [1.165, 1.54) is 10.5 Å². The number of aromatic nitrogens is 2. The van der Waals surface area contributed by atoms with Crippen LogP contribution in [0.2, 0.25) is 5.02 Å². The zero-order chi connectivity index (χ0) is 24.2. The Kier molecular flexibility index (Phi) is 6.77. The third kappa shape index (κ3) is 4.86. The first-order valence-electron chi connectivity index (χ1n) is 10.0. The summed E-state index contributed by atoms with van der Waals surface area (Å²) in [5, 5.41) is 12.6. The van der Waals surface area contributed by atoms with Gasteiger partial charge in [-0.3, -0.25) is 14.0 Å². The van der Waals surface area contributed by atoms with Crippen LogP contribution in [0.1, 0.15) is 11.1 Å². The van der Waals surface area contributed by atoms with Crippen LogP contribution in [0.15, 0.2) is 81.7 Å². The summed E-state index contributed by atoms with van der Waals surface area (Å²) in [6.45, 7) is 1.82. The number of nitriles is 1. The molecule has 0 aliphatic rings. The molecule has 0 bridgehead atoms. The molecule has 34 heavy (non-hydrogen) atoms. The van der Waals surface area contributed by atoms with Gasteiger partial charge in [-0.05, 0) is 61.0 Å². The molecule has 0 aliphatic carbocycles. The van der Waals surface area contributed by atoms with Crippen LogP contribution in [0.4, 0.5) is 5.69 Å². The Hall–Kier alpha value is -3.93. The Bertz CT molecular complexity index is 1540. The highest BCUT2D eigenvalue weighted by atomic mass is 79.9. The number of amides is 1. The number of nitrogens with one attached hydrogen (secondary N) is 1. The van der Waals surface area contributed by atoms with Gasteiger partial charge < -0.3 is 10.1 Å². The van der Waals surface area contributed by atoms with Gasteiger partial charge in [-0.1, -0.05) is 45.7 Å². The predicted octanol–water partition coefficient (Wildman–Crippen LogP) is 5.76. The molecular weight excluding hydrogens is 520 g/mol. The Morgan fingerprint density at radius 3 is 2.62 bits per heavy atom. The van der Waals surface area contributed by atoms with Crippen molar-refractivity contribution in [3.8, 4) is 17.7 Å². The highest BCUT2D eigenvalue weighted by Gasteiger charge is 2.18. The molecule has 0 atom stereocenters. The second-order valence-electron chi connectivity index (χ2n) is 7.18.